The van der Waals surface area contributed by atoms with Gasteiger partial charge >= 0.3 is 11.9 Å². The van der Waals surface area contributed by atoms with Crippen molar-refractivity contribution in [2.24, 2.45) is 11.7 Å². The van der Waals surface area contributed by atoms with E-state index >= 15 is 0 Å². The van der Waals surface area contributed by atoms with Crippen molar-refractivity contribution in [1.29, 1.82) is 0 Å². The Morgan fingerprint density at radius 2 is 1.11 bits per heavy atom. The van der Waals surface area contributed by atoms with E-state index in [1.165, 1.54) is 25.7 Å². The van der Waals surface area contributed by atoms with Crippen molar-refractivity contribution >= 4 is 11.9 Å². The summed E-state index contributed by atoms with van der Waals surface area (Å²) in [4.78, 5) is 21.3. The van der Waals surface area contributed by atoms with E-state index in [1.807, 2.05) is 0 Å². The van der Waals surface area contributed by atoms with E-state index in [4.69, 9.17) is 15.9 Å². The van der Waals surface area contributed by atoms with Crippen LogP contribution in [0.2, 0.25) is 0 Å². The molecular weight excluding hydrogens is 246 g/mol. The van der Waals surface area contributed by atoms with Gasteiger partial charge in [0.25, 0.3) is 0 Å². The van der Waals surface area contributed by atoms with Gasteiger partial charge in [0.1, 0.15) is 0 Å². The van der Waals surface area contributed by atoms with Gasteiger partial charge in [0.15, 0.2) is 5.92 Å². The van der Waals surface area contributed by atoms with Crippen LogP contribution in [0.4, 0.5) is 0 Å². The normalized spacial score (nSPS) is 10.8. The average Bonchev–Trinajstić information content (AvgIpc) is 2.35. The van der Waals surface area contributed by atoms with Gasteiger partial charge < -0.3 is 15.9 Å². The number of hydrogen-bond acceptors (Lipinski definition) is 3. The standard InChI is InChI=1S/C14H27NO4/c15-11-9-7-5-3-1-2-4-6-8-10-12(13(16)17)14(18)19/h12H,1-11,15H2,(H,16,17)(H,18,19). The monoisotopic (exact) mass is 273 g/mol. The Hall–Kier alpha value is -1.10. The Balaban J connectivity index is 3.35. The number of hydrogen-bond donors (Lipinski definition) is 3. The van der Waals surface area contributed by atoms with E-state index in [0.717, 1.165) is 32.2 Å². The lowest BCUT2D eigenvalue weighted by Crippen LogP contribution is -2.23. The predicted octanol–water partition coefficient (Wildman–Crippen LogP) is 2.63. The zero-order chi connectivity index (χ0) is 14.5. The highest BCUT2D eigenvalue weighted by Gasteiger charge is 2.24. The average molecular weight is 273 g/mol. The number of carboxylic acids is 2. The molecule has 0 radical (unpaired) electrons. The minimum absolute atomic E-state index is 0.237. The highest BCUT2D eigenvalue weighted by molar-refractivity contribution is 5.92. The summed E-state index contributed by atoms with van der Waals surface area (Å²) in [5, 5.41) is 17.4. The number of rotatable bonds is 13. The molecule has 0 heterocycles. The molecule has 19 heavy (non-hydrogen) atoms. The van der Waals surface area contributed by atoms with Gasteiger partial charge in [-0.3, -0.25) is 9.59 Å². The molecule has 0 fully saturated rings. The van der Waals surface area contributed by atoms with Crippen molar-refractivity contribution in [2.45, 2.75) is 64.2 Å². The van der Waals surface area contributed by atoms with Crippen LogP contribution in [0, 0.1) is 5.92 Å². The molecule has 112 valence electrons. The van der Waals surface area contributed by atoms with Gasteiger partial charge in [-0.25, -0.2) is 0 Å². The molecule has 0 amide bonds. The third kappa shape index (κ3) is 10.5. The van der Waals surface area contributed by atoms with Crippen LogP contribution in [-0.4, -0.2) is 28.7 Å². The van der Waals surface area contributed by atoms with E-state index in [1.54, 1.807) is 0 Å². The first kappa shape index (κ1) is 17.9. The third-order valence-electron chi connectivity index (χ3n) is 3.29. The Morgan fingerprint density at radius 1 is 0.737 bits per heavy atom. The smallest absolute Gasteiger partial charge is 0.317 e. The topological polar surface area (TPSA) is 101 Å². The van der Waals surface area contributed by atoms with Gasteiger partial charge in [-0.2, -0.15) is 0 Å². The molecule has 0 spiro atoms. The molecule has 0 bridgehead atoms. The Kier molecular flexibility index (Phi) is 11.3. The summed E-state index contributed by atoms with van der Waals surface area (Å²) < 4.78 is 0. The van der Waals surface area contributed by atoms with Crippen LogP contribution in [0.3, 0.4) is 0 Å². The fourth-order valence-corrected chi connectivity index (χ4v) is 2.08. The van der Waals surface area contributed by atoms with Crippen LogP contribution in [0.15, 0.2) is 0 Å². The second kappa shape index (κ2) is 12.0. The molecule has 4 N–H and O–H groups in total. The second-order valence-corrected chi connectivity index (χ2v) is 4.99. The number of nitrogens with two attached hydrogens (primary N) is 1. The van der Waals surface area contributed by atoms with Crippen LogP contribution < -0.4 is 5.73 Å². The number of aliphatic carboxylic acids is 2. The molecule has 0 saturated carbocycles. The van der Waals surface area contributed by atoms with Crippen molar-refractivity contribution in [3.8, 4) is 0 Å². The first-order chi connectivity index (χ1) is 9.09. The van der Waals surface area contributed by atoms with Crippen molar-refractivity contribution < 1.29 is 19.8 Å². The zero-order valence-corrected chi connectivity index (χ0v) is 11.6. The van der Waals surface area contributed by atoms with E-state index in [0.29, 0.717) is 6.42 Å². The van der Waals surface area contributed by atoms with Crippen molar-refractivity contribution in [1.82, 2.24) is 0 Å². The summed E-state index contributed by atoms with van der Waals surface area (Å²) in [5.41, 5.74) is 5.41. The van der Waals surface area contributed by atoms with E-state index in [9.17, 15) is 9.59 Å². The first-order valence-electron chi connectivity index (χ1n) is 7.25. The lowest BCUT2D eigenvalue weighted by molar-refractivity contribution is -0.154. The zero-order valence-electron chi connectivity index (χ0n) is 11.6. The van der Waals surface area contributed by atoms with Crippen LogP contribution >= 0.6 is 0 Å². The third-order valence-corrected chi connectivity index (χ3v) is 3.29. The van der Waals surface area contributed by atoms with Gasteiger partial charge in [-0.15, -0.1) is 0 Å². The molecule has 5 heteroatoms. The second-order valence-electron chi connectivity index (χ2n) is 4.99. The molecule has 0 aromatic carbocycles. The Bertz CT molecular complexity index is 242. The Labute approximate surface area is 115 Å². The maximum atomic E-state index is 10.6. The van der Waals surface area contributed by atoms with E-state index in [-0.39, 0.29) is 6.42 Å². The maximum absolute atomic E-state index is 10.6. The minimum Gasteiger partial charge on any atom is -0.481 e. The molecule has 0 rings (SSSR count). The van der Waals surface area contributed by atoms with Gasteiger partial charge in [-0.1, -0.05) is 51.4 Å². The summed E-state index contributed by atoms with van der Waals surface area (Å²) in [6.07, 6.45) is 10.0. The molecule has 0 aliphatic rings. The summed E-state index contributed by atoms with van der Waals surface area (Å²) in [6.45, 7) is 0.772. The molecule has 0 saturated heterocycles. The van der Waals surface area contributed by atoms with Crippen molar-refractivity contribution in [3.63, 3.8) is 0 Å². The SMILES string of the molecule is NCCCCCCCCCCCC(C(=O)O)C(=O)O. The molecule has 0 aliphatic heterocycles. The van der Waals surface area contributed by atoms with Crippen LogP contribution in [0.25, 0.3) is 0 Å². The molecule has 0 unspecified atom stereocenters. The van der Waals surface area contributed by atoms with E-state index < -0.39 is 17.9 Å². The van der Waals surface area contributed by atoms with Crippen LogP contribution in [-0.2, 0) is 9.59 Å². The molecule has 0 aromatic rings. The highest BCUT2D eigenvalue weighted by atomic mass is 16.4. The molecule has 0 aliphatic carbocycles. The van der Waals surface area contributed by atoms with Gasteiger partial charge in [0.2, 0.25) is 0 Å². The summed E-state index contributed by atoms with van der Waals surface area (Å²) >= 11 is 0. The summed E-state index contributed by atoms with van der Waals surface area (Å²) in [5.74, 6) is -3.70. The fraction of sp³-hybridized carbons (Fsp3) is 0.857. The van der Waals surface area contributed by atoms with Crippen LogP contribution in [0.1, 0.15) is 64.2 Å². The summed E-state index contributed by atoms with van der Waals surface area (Å²) in [6, 6.07) is 0. The van der Waals surface area contributed by atoms with Crippen molar-refractivity contribution in [2.75, 3.05) is 6.54 Å². The number of carboxylic acid groups (broad SMARTS) is 2. The van der Waals surface area contributed by atoms with E-state index in [2.05, 4.69) is 0 Å². The van der Waals surface area contributed by atoms with Gasteiger partial charge in [-0.05, 0) is 19.4 Å². The minimum atomic E-state index is -1.24. The molecular formula is C14H27NO4. The number of carbonyl (C=O) groups is 2. The number of unbranched alkanes of at least 4 members (excludes halogenated alkanes) is 8. The lowest BCUT2D eigenvalue weighted by atomic mass is 10.00. The first-order valence-corrected chi connectivity index (χ1v) is 7.25. The molecule has 5 nitrogen and oxygen atoms in total. The van der Waals surface area contributed by atoms with Gasteiger partial charge in [0, 0.05) is 0 Å². The largest absolute Gasteiger partial charge is 0.481 e. The highest BCUT2D eigenvalue weighted by Crippen LogP contribution is 2.14. The molecule has 0 atom stereocenters. The van der Waals surface area contributed by atoms with Gasteiger partial charge in [0.05, 0.1) is 0 Å². The fourth-order valence-electron chi connectivity index (χ4n) is 2.08. The van der Waals surface area contributed by atoms with Crippen molar-refractivity contribution in [3.05, 3.63) is 0 Å². The maximum Gasteiger partial charge on any atom is 0.317 e. The lowest BCUT2D eigenvalue weighted by Gasteiger charge is -2.06. The predicted molar refractivity (Wildman–Crippen MR) is 74.0 cm³/mol. The van der Waals surface area contributed by atoms with Crippen LogP contribution in [0.5, 0.6) is 0 Å². The quantitative estimate of drug-likeness (QED) is 0.354. The Morgan fingerprint density at radius 3 is 1.47 bits per heavy atom. The summed E-state index contributed by atoms with van der Waals surface area (Å²) in [7, 11) is 0. The molecule has 0 aromatic heterocycles.